The van der Waals surface area contributed by atoms with Crippen LogP contribution < -0.4 is 5.32 Å². The van der Waals surface area contributed by atoms with Crippen molar-refractivity contribution in [3.05, 3.63) is 0 Å². The van der Waals surface area contributed by atoms with Crippen molar-refractivity contribution < 1.29 is 14.3 Å². The zero-order valence-electron chi connectivity index (χ0n) is 12.0. The van der Waals surface area contributed by atoms with E-state index in [1.54, 1.807) is 0 Å². The quantitative estimate of drug-likeness (QED) is 0.816. The summed E-state index contributed by atoms with van der Waals surface area (Å²) in [4.78, 5) is 15.0. The molecule has 3 aliphatic rings. The molecule has 1 amide bonds. The number of carbonyl (C=O) groups excluding carboxylic acids is 1. The molecule has 0 aromatic carbocycles. The van der Waals surface area contributed by atoms with E-state index in [0.717, 1.165) is 12.3 Å². The minimum Gasteiger partial charge on any atom is -0.335 e. The lowest BCUT2D eigenvalue weighted by atomic mass is 10.0. The van der Waals surface area contributed by atoms with Crippen LogP contribution in [-0.4, -0.2) is 42.1 Å². The molecule has 3 rings (SSSR count). The van der Waals surface area contributed by atoms with Crippen LogP contribution in [0.1, 0.15) is 40.0 Å². The summed E-state index contributed by atoms with van der Waals surface area (Å²) in [6, 6.07) is 0.727. The first-order valence-corrected chi connectivity index (χ1v) is 7.43. The number of amides is 1. The number of nitrogens with one attached hydrogen (secondary N) is 1. The molecule has 0 aromatic rings. The summed E-state index contributed by atoms with van der Waals surface area (Å²) in [6.07, 6.45) is 3.03. The number of carbonyl (C=O) groups is 1. The molecule has 0 spiro atoms. The minimum atomic E-state index is -0.408. The van der Waals surface area contributed by atoms with Gasteiger partial charge in [0.2, 0.25) is 12.3 Å². The topological polar surface area (TPSA) is 50.8 Å². The molecular formula is C14H24N2O3. The van der Waals surface area contributed by atoms with Gasteiger partial charge in [-0.1, -0.05) is 20.8 Å². The van der Waals surface area contributed by atoms with Gasteiger partial charge in [0.05, 0.1) is 6.04 Å². The number of likely N-dealkylation sites (tertiary alicyclic amines) is 1. The molecule has 2 heterocycles. The molecule has 108 valence electrons. The second-order valence-corrected chi connectivity index (χ2v) is 6.28. The molecule has 3 fully saturated rings. The third-order valence-electron chi connectivity index (χ3n) is 4.62. The number of rotatable bonds is 5. The second-order valence-electron chi connectivity index (χ2n) is 6.28. The molecule has 1 N–H and O–H groups in total. The molecular weight excluding hydrogens is 244 g/mol. The van der Waals surface area contributed by atoms with Gasteiger partial charge in [-0.3, -0.25) is 10.1 Å². The molecule has 5 heteroatoms. The first-order valence-electron chi connectivity index (χ1n) is 7.43. The lowest BCUT2D eigenvalue weighted by Crippen LogP contribution is -2.57. The van der Waals surface area contributed by atoms with Gasteiger partial charge in [0.1, 0.15) is 0 Å². The highest BCUT2D eigenvalue weighted by atomic mass is 16.9. The Morgan fingerprint density at radius 2 is 2.11 bits per heavy atom. The first kappa shape index (κ1) is 13.3. The molecule has 4 atom stereocenters. The Labute approximate surface area is 114 Å². The maximum Gasteiger partial charge on any atom is 0.240 e. The molecule has 2 aliphatic heterocycles. The largest absolute Gasteiger partial charge is 0.335 e. The summed E-state index contributed by atoms with van der Waals surface area (Å²) >= 11 is 0. The van der Waals surface area contributed by atoms with Crippen LogP contribution in [0.4, 0.5) is 0 Å². The van der Waals surface area contributed by atoms with E-state index < -0.39 is 6.41 Å². The van der Waals surface area contributed by atoms with Crippen molar-refractivity contribution in [2.75, 3.05) is 6.79 Å². The van der Waals surface area contributed by atoms with E-state index in [9.17, 15) is 4.79 Å². The standard InChI is InChI=1S/C14H24N2O3/c1-4-10-5-9-6-11(9)16(10)13(17)12(8(2)3)15-14-18-7-19-14/h8-12,14-15H,4-7H2,1-3H3/t9-,10-,11+,12+/m1/s1. The monoisotopic (exact) mass is 268 g/mol. The molecule has 0 bridgehead atoms. The van der Waals surface area contributed by atoms with Crippen LogP contribution in [0.3, 0.4) is 0 Å². The van der Waals surface area contributed by atoms with Crippen molar-refractivity contribution in [1.82, 2.24) is 10.2 Å². The normalized spacial score (nSPS) is 35.2. The number of fused-ring (bicyclic) bond motifs is 1. The molecule has 5 nitrogen and oxygen atoms in total. The van der Waals surface area contributed by atoms with Crippen molar-refractivity contribution in [1.29, 1.82) is 0 Å². The summed E-state index contributed by atoms with van der Waals surface area (Å²) in [7, 11) is 0. The van der Waals surface area contributed by atoms with Crippen LogP contribution >= 0.6 is 0 Å². The third kappa shape index (κ3) is 2.39. The van der Waals surface area contributed by atoms with Gasteiger partial charge in [-0.2, -0.15) is 0 Å². The van der Waals surface area contributed by atoms with Crippen molar-refractivity contribution >= 4 is 5.91 Å². The third-order valence-corrected chi connectivity index (χ3v) is 4.62. The Kier molecular flexibility index (Phi) is 3.53. The predicted octanol–water partition coefficient (Wildman–Crippen LogP) is 1.29. The molecule has 1 saturated carbocycles. The lowest BCUT2D eigenvalue weighted by molar-refractivity contribution is -0.335. The van der Waals surface area contributed by atoms with E-state index in [-0.39, 0.29) is 17.9 Å². The Morgan fingerprint density at radius 3 is 2.63 bits per heavy atom. The van der Waals surface area contributed by atoms with Gasteiger partial charge in [-0.25, -0.2) is 0 Å². The highest BCUT2D eigenvalue weighted by Gasteiger charge is 2.54. The van der Waals surface area contributed by atoms with Crippen LogP contribution in [0.2, 0.25) is 0 Å². The van der Waals surface area contributed by atoms with E-state index >= 15 is 0 Å². The summed E-state index contributed by atoms with van der Waals surface area (Å²) in [5, 5.41) is 3.18. The van der Waals surface area contributed by atoms with Gasteiger partial charge in [0, 0.05) is 12.1 Å². The Hall–Kier alpha value is -0.650. The number of piperidine rings is 1. The van der Waals surface area contributed by atoms with Gasteiger partial charge in [-0.15, -0.1) is 0 Å². The van der Waals surface area contributed by atoms with Gasteiger partial charge >= 0.3 is 0 Å². The maximum atomic E-state index is 12.8. The summed E-state index contributed by atoms with van der Waals surface area (Å²) < 4.78 is 10.4. The summed E-state index contributed by atoms with van der Waals surface area (Å²) in [5.41, 5.74) is 0. The van der Waals surface area contributed by atoms with Gasteiger partial charge in [-0.05, 0) is 31.1 Å². The number of hydrogen-bond donors (Lipinski definition) is 1. The molecule has 2 saturated heterocycles. The Morgan fingerprint density at radius 1 is 1.37 bits per heavy atom. The zero-order chi connectivity index (χ0) is 13.6. The number of nitrogens with zero attached hydrogens (tertiary/aromatic N) is 1. The SMILES string of the molecule is CC[C@@H]1C[C@@H]2C[C@@H]2N1C(=O)[C@@H](NC1OCO1)C(C)C. The highest BCUT2D eigenvalue weighted by Crippen LogP contribution is 2.48. The Balaban J connectivity index is 1.68. The number of ether oxygens (including phenoxy) is 2. The molecule has 0 aromatic heterocycles. The van der Waals surface area contributed by atoms with Crippen LogP contribution in [-0.2, 0) is 14.3 Å². The van der Waals surface area contributed by atoms with Crippen LogP contribution in [0, 0.1) is 11.8 Å². The van der Waals surface area contributed by atoms with Crippen LogP contribution in [0.15, 0.2) is 0 Å². The molecule has 19 heavy (non-hydrogen) atoms. The van der Waals surface area contributed by atoms with Crippen LogP contribution in [0.25, 0.3) is 0 Å². The fourth-order valence-electron chi connectivity index (χ4n) is 3.35. The fourth-order valence-corrected chi connectivity index (χ4v) is 3.35. The summed E-state index contributed by atoms with van der Waals surface area (Å²) in [6.45, 7) is 6.62. The van der Waals surface area contributed by atoms with Crippen molar-refractivity contribution in [2.45, 2.75) is 64.6 Å². The highest BCUT2D eigenvalue weighted by molar-refractivity contribution is 5.83. The molecule has 1 aliphatic carbocycles. The van der Waals surface area contributed by atoms with E-state index in [1.165, 1.54) is 12.8 Å². The van der Waals surface area contributed by atoms with Gasteiger partial charge in [0.15, 0.2) is 6.79 Å². The smallest absolute Gasteiger partial charge is 0.240 e. The van der Waals surface area contributed by atoms with Crippen molar-refractivity contribution in [2.24, 2.45) is 11.8 Å². The van der Waals surface area contributed by atoms with Crippen LogP contribution in [0.5, 0.6) is 0 Å². The average molecular weight is 268 g/mol. The van der Waals surface area contributed by atoms with E-state index in [4.69, 9.17) is 9.47 Å². The minimum absolute atomic E-state index is 0.210. The predicted molar refractivity (Wildman–Crippen MR) is 70.0 cm³/mol. The molecule has 0 unspecified atom stereocenters. The van der Waals surface area contributed by atoms with Crippen molar-refractivity contribution in [3.8, 4) is 0 Å². The Bertz CT molecular complexity index is 357. The zero-order valence-corrected chi connectivity index (χ0v) is 12.0. The maximum absolute atomic E-state index is 12.8. The van der Waals surface area contributed by atoms with Gasteiger partial charge in [0.25, 0.3) is 0 Å². The fraction of sp³-hybridized carbons (Fsp3) is 0.929. The van der Waals surface area contributed by atoms with Crippen molar-refractivity contribution in [3.63, 3.8) is 0 Å². The van der Waals surface area contributed by atoms with Gasteiger partial charge < -0.3 is 14.4 Å². The average Bonchev–Trinajstić information content (AvgIpc) is 2.97. The summed E-state index contributed by atoms with van der Waals surface area (Å²) in [5.74, 6) is 1.22. The molecule has 0 radical (unpaired) electrons. The second kappa shape index (κ2) is 5.04. The van der Waals surface area contributed by atoms with E-state index in [1.807, 2.05) is 0 Å². The number of hydrogen-bond acceptors (Lipinski definition) is 4. The first-order chi connectivity index (χ1) is 9.11. The lowest BCUT2D eigenvalue weighted by Gasteiger charge is -2.36. The van der Waals surface area contributed by atoms with E-state index in [2.05, 4.69) is 31.0 Å². The van der Waals surface area contributed by atoms with E-state index in [0.29, 0.717) is 18.9 Å².